The molecule has 0 bridgehead atoms. The Hall–Kier alpha value is -0.0900. The van der Waals surface area contributed by atoms with E-state index in [-0.39, 0.29) is 6.04 Å². The molecule has 0 radical (unpaired) electrons. The molecule has 4 heteroatoms. The fourth-order valence-electron chi connectivity index (χ4n) is 1.49. The molecule has 1 unspecified atom stereocenters. The fourth-order valence-corrected chi connectivity index (χ4v) is 2.21. The van der Waals surface area contributed by atoms with E-state index in [2.05, 4.69) is 12.2 Å². The molecule has 0 aliphatic rings. The van der Waals surface area contributed by atoms with Crippen LogP contribution in [0.3, 0.4) is 0 Å². The quantitative estimate of drug-likeness (QED) is 0.741. The summed E-state index contributed by atoms with van der Waals surface area (Å²) in [6.45, 7) is 8.48. The van der Waals surface area contributed by atoms with Crippen molar-refractivity contribution in [2.45, 2.75) is 51.3 Å². The lowest BCUT2D eigenvalue weighted by atomic mass is 9.98. The second kappa shape index (κ2) is 5.12. The lowest BCUT2D eigenvalue weighted by molar-refractivity contribution is 0.392. The van der Waals surface area contributed by atoms with Gasteiger partial charge in [-0.2, -0.15) is 0 Å². The summed E-state index contributed by atoms with van der Waals surface area (Å²) in [6.07, 6.45) is 3.21. The minimum absolute atomic E-state index is 0.0486. The van der Waals surface area contributed by atoms with Crippen LogP contribution in [-0.4, -0.2) is 32.0 Å². The summed E-state index contributed by atoms with van der Waals surface area (Å²) in [5.41, 5.74) is 0. The van der Waals surface area contributed by atoms with Gasteiger partial charge in [0.15, 0.2) is 9.84 Å². The second-order valence-electron chi connectivity index (χ2n) is 4.27. The minimum Gasteiger partial charge on any atom is -0.313 e. The molecular weight excluding hydrogens is 198 g/mol. The van der Waals surface area contributed by atoms with Crippen LogP contribution in [0.1, 0.15) is 40.5 Å². The van der Waals surface area contributed by atoms with Gasteiger partial charge in [0.25, 0.3) is 0 Å². The molecule has 0 saturated carbocycles. The van der Waals surface area contributed by atoms with Crippen LogP contribution in [0.4, 0.5) is 0 Å². The van der Waals surface area contributed by atoms with Gasteiger partial charge in [-0.05, 0) is 26.8 Å². The zero-order chi connectivity index (χ0) is 11.4. The number of hydrogen-bond acceptors (Lipinski definition) is 3. The Labute approximate surface area is 88.2 Å². The zero-order valence-corrected chi connectivity index (χ0v) is 10.7. The molecule has 0 aliphatic heterocycles. The van der Waals surface area contributed by atoms with Gasteiger partial charge in [0, 0.05) is 12.3 Å². The highest BCUT2D eigenvalue weighted by molar-refractivity contribution is 7.92. The Morgan fingerprint density at radius 3 is 2.07 bits per heavy atom. The summed E-state index contributed by atoms with van der Waals surface area (Å²) in [5.74, 6) is 0. The Balaban J connectivity index is 4.79. The van der Waals surface area contributed by atoms with Gasteiger partial charge in [0.05, 0.1) is 4.75 Å². The molecule has 0 aromatic rings. The van der Waals surface area contributed by atoms with Crippen molar-refractivity contribution in [3.63, 3.8) is 0 Å². The van der Waals surface area contributed by atoms with Gasteiger partial charge in [0.2, 0.25) is 0 Å². The first-order valence-corrected chi connectivity index (χ1v) is 7.09. The highest BCUT2D eigenvalue weighted by Gasteiger charge is 2.37. The van der Waals surface area contributed by atoms with E-state index in [1.54, 1.807) is 13.8 Å². The van der Waals surface area contributed by atoms with Crippen LogP contribution in [0.5, 0.6) is 0 Å². The van der Waals surface area contributed by atoms with Gasteiger partial charge < -0.3 is 5.32 Å². The van der Waals surface area contributed by atoms with Crippen molar-refractivity contribution in [3.8, 4) is 0 Å². The van der Waals surface area contributed by atoms with Gasteiger partial charge in [0.1, 0.15) is 0 Å². The maximum absolute atomic E-state index is 11.6. The molecule has 0 heterocycles. The molecule has 0 amide bonds. The maximum atomic E-state index is 11.6. The Kier molecular flexibility index (Phi) is 5.09. The first-order chi connectivity index (χ1) is 6.27. The lowest BCUT2D eigenvalue weighted by Gasteiger charge is -2.33. The average Bonchev–Trinajstić information content (AvgIpc) is 2.02. The van der Waals surface area contributed by atoms with Crippen LogP contribution < -0.4 is 5.32 Å². The molecule has 3 nitrogen and oxygen atoms in total. The lowest BCUT2D eigenvalue weighted by Crippen LogP contribution is -2.51. The van der Waals surface area contributed by atoms with E-state index in [9.17, 15) is 8.42 Å². The van der Waals surface area contributed by atoms with Gasteiger partial charge in [-0.1, -0.05) is 20.3 Å². The van der Waals surface area contributed by atoms with E-state index in [0.717, 1.165) is 19.4 Å². The second-order valence-corrected chi connectivity index (χ2v) is 6.87. The van der Waals surface area contributed by atoms with Crippen LogP contribution in [0.15, 0.2) is 0 Å². The smallest absolute Gasteiger partial charge is 0.154 e. The first-order valence-electron chi connectivity index (χ1n) is 5.20. The molecule has 0 spiro atoms. The summed E-state index contributed by atoms with van der Waals surface area (Å²) in [6, 6.07) is 0.0486. The average molecular weight is 221 g/mol. The first kappa shape index (κ1) is 13.9. The molecule has 0 rings (SSSR count). The van der Waals surface area contributed by atoms with Gasteiger partial charge in [-0.25, -0.2) is 8.42 Å². The molecule has 14 heavy (non-hydrogen) atoms. The summed E-state index contributed by atoms with van der Waals surface area (Å²) in [7, 11) is -3.01. The van der Waals surface area contributed by atoms with E-state index in [1.165, 1.54) is 6.26 Å². The number of nitrogens with one attached hydrogen (secondary N) is 1. The standard InChI is InChI=1S/C10H23NO2S/c1-6-8-9(11-7-2)10(3,4)14(5,12)13/h9,11H,6-8H2,1-5H3. The van der Waals surface area contributed by atoms with Crippen LogP contribution >= 0.6 is 0 Å². The largest absolute Gasteiger partial charge is 0.313 e. The van der Waals surface area contributed by atoms with E-state index in [0.29, 0.717) is 0 Å². The highest BCUT2D eigenvalue weighted by atomic mass is 32.2. The Bertz CT molecular complexity index is 251. The van der Waals surface area contributed by atoms with Crippen molar-refractivity contribution in [1.29, 1.82) is 0 Å². The molecule has 1 atom stereocenters. The highest BCUT2D eigenvalue weighted by Crippen LogP contribution is 2.23. The summed E-state index contributed by atoms with van der Waals surface area (Å²) < 4.78 is 22.5. The Morgan fingerprint density at radius 2 is 1.79 bits per heavy atom. The molecular formula is C10H23NO2S. The van der Waals surface area contributed by atoms with Gasteiger partial charge >= 0.3 is 0 Å². The minimum atomic E-state index is -3.01. The topological polar surface area (TPSA) is 46.2 Å². The third-order valence-corrected chi connectivity index (χ3v) is 5.02. The summed E-state index contributed by atoms with van der Waals surface area (Å²) >= 11 is 0. The molecule has 0 aromatic carbocycles. The zero-order valence-electron chi connectivity index (χ0n) is 9.92. The van der Waals surface area contributed by atoms with Crippen LogP contribution in [0.25, 0.3) is 0 Å². The summed E-state index contributed by atoms with van der Waals surface area (Å²) in [5, 5.41) is 3.25. The number of sulfone groups is 1. The van der Waals surface area contributed by atoms with Crippen molar-refractivity contribution in [2.75, 3.05) is 12.8 Å². The van der Waals surface area contributed by atoms with Crippen LogP contribution in [-0.2, 0) is 9.84 Å². The molecule has 86 valence electrons. The fraction of sp³-hybridized carbons (Fsp3) is 1.00. The van der Waals surface area contributed by atoms with Gasteiger partial charge in [-0.15, -0.1) is 0 Å². The SMILES string of the molecule is CCCC(NCC)C(C)(C)S(C)(=O)=O. The number of hydrogen-bond donors (Lipinski definition) is 1. The van der Waals surface area contributed by atoms with Crippen LogP contribution in [0.2, 0.25) is 0 Å². The molecule has 0 aliphatic carbocycles. The third kappa shape index (κ3) is 3.24. The molecule has 0 saturated heterocycles. The van der Waals surface area contributed by atoms with Crippen molar-refractivity contribution in [2.24, 2.45) is 0 Å². The molecule has 1 N–H and O–H groups in total. The van der Waals surface area contributed by atoms with Crippen LogP contribution in [0, 0.1) is 0 Å². The van der Waals surface area contributed by atoms with Crippen molar-refractivity contribution >= 4 is 9.84 Å². The third-order valence-electron chi connectivity index (χ3n) is 2.82. The predicted molar refractivity (Wildman–Crippen MR) is 61.3 cm³/mol. The monoisotopic (exact) mass is 221 g/mol. The van der Waals surface area contributed by atoms with E-state index in [4.69, 9.17) is 0 Å². The van der Waals surface area contributed by atoms with Crippen molar-refractivity contribution < 1.29 is 8.42 Å². The van der Waals surface area contributed by atoms with Crippen molar-refractivity contribution in [3.05, 3.63) is 0 Å². The van der Waals surface area contributed by atoms with Crippen molar-refractivity contribution in [1.82, 2.24) is 5.32 Å². The maximum Gasteiger partial charge on any atom is 0.154 e. The van der Waals surface area contributed by atoms with E-state index >= 15 is 0 Å². The Morgan fingerprint density at radius 1 is 1.29 bits per heavy atom. The van der Waals surface area contributed by atoms with E-state index < -0.39 is 14.6 Å². The molecule has 0 aromatic heterocycles. The predicted octanol–water partition coefficient (Wildman–Crippen LogP) is 1.59. The number of rotatable bonds is 6. The molecule has 0 fully saturated rings. The van der Waals surface area contributed by atoms with Gasteiger partial charge in [-0.3, -0.25) is 0 Å². The summed E-state index contributed by atoms with van der Waals surface area (Å²) in [4.78, 5) is 0. The normalized spacial score (nSPS) is 15.5. The van der Waals surface area contributed by atoms with E-state index in [1.807, 2.05) is 6.92 Å².